The minimum atomic E-state index is -0.988. The van der Waals surface area contributed by atoms with Gasteiger partial charge in [-0.25, -0.2) is 4.79 Å². The van der Waals surface area contributed by atoms with Gasteiger partial charge in [0.25, 0.3) is 5.76 Å². The first kappa shape index (κ1) is 15.4. The summed E-state index contributed by atoms with van der Waals surface area (Å²) < 4.78 is 10.0. The summed E-state index contributed by atoms with van der Waals surface area (Å²) in [4.78, 5) is 23.6. The average molecular weight is 311 g/mol. The molecular formula is C15H15ClO5. The summed E-state index contributed by atoms with van der Waals surface area (Å²) in [6.07, 6.45) is -0.988. The lowest BCUT2D eigenvalue weighted by Crippen LogP contribution is -2.24. The summed E-state index contributed by atoms with van der Waals surface area (Å²) in [6.45, 7) is 4.93. The van der Waals surface area contributed by atoms with E-state index in [0.29, 0.717) is 10.6 Å². The number of ether oxygens (including phenoxy) is 2. The van der Waals surface area contributed by atoms with Gasteiger partial charge in [-0.2, -0.15) is 0 Å². The van der Waals surface area contributed by atoms with Gasteiger partial charge in [-0.15, -0.1) is 0 Å². The Hall–Kier alpha value is -2.01. The van der Waals surface area contributed by atoms with Crippen LogP contribution in [0, 0.1) is 5.41 Å². The Morgan fingerprint density at radius 1 is 1.29 bits per heavy atom. The van der Waals surface area contributed by atoms with Crippen molar-refractivity contribution in [1.29, 1.82) is 0 Å². The van der Waals surface area contributed by atoms with Crippen LogP contribution in [0.15, 0.2) is 35.8 Å². The molecular weight excluding hydrogens is 296 g/mol. The monoisotopic (exact) mass is 310 g/mol. The first-order valence-electron chi connectivity index (χ1n) is 6.32. The summed E-state index contributed by atoms with van der Waals surface area (Å²) in [5.74, 6) is -2.38. The molecule has 1 aromatic rings. The fraction of sp³-hybridized carbons (Fsp3) is 0.333. The van der Waals surface area contributed by atoms with Crippen molar-refractivity contribution >= 4 is 23.5 Å². The zero-order valence-corrected chi connectivity index (χ0v) is 12.6. The Labute approximate surface area is 127 Å². The number of hydrogen-bond donors (Lipinski definition) is 1. The first-order valence-corrected chi connectivity index (χ1v) is 6.70. The van der Waals surface area contributed by atoms with Crippen molar-refractivity contribution in [3.63, 3.8) is 0 Å². The summed E-state index contributed by atoms with van der Waals surface area (Å²) >= 11 is 5.78. The van der Waals surface area contributed by atoms with Crippen LogP contribution >= 0.6 is 11.6 Å². The zero-order chi connectivity index (χ0) is 15.8. The highest BCUT2D eigenvalue weighted by atomic mass is 35.5. The molecule has 0 bridgehead atoms. The predicted molar refractivity (Wildman–Crippen MR) is 75.5 cm³/mol. The van der Waals surface area contributed by atoms with E-state index in [-0.39, 0.29) is 0 Å². The van der Waals surface area contributed by atoms with Gasteiger partial charge in [0.2, 0.25) is 0 Å². The Morgan fingerprint density at radius 3 is 2.38 bits per heavy atom. The number of halogens is 1. The molecule has 112 valence electrons. The quantitative estimate of drug-likeness (QED) is 0.848. The van der Waals surface area contributed by atoms with E-state index in [1.807, 2.05) is 0 Å². The number of rotatable bonds is 2. The van der Waals surface area contributed by atoms with Crippen LogP contribution in [0.2, 0.25) is 5.02 Å². The van der Waals surface area contributed by atoms with Crippen LogP contribution in [0.4, 0.5) is 0 Å². The highest BCUT2D eigenvalue weighted by Crippen LogP contribution is 2.35. The number of carbonyl (C=O) groups excluding carboxylic acids is 2. The number of carbonyl (C=O) groups is 2. The number of benzene rings is 1. The molecule has 2 rings (SSSR count). The van der Waals surface area contributed by atoms with Gasteiger partial charge >= 0.3 is 11.9 Å². The fourth-order valence-electron chi connectivity index (χ4n) is 1.64. The largest absolute Gasteiger partial charge is 0.505 e. The molecule has 0 amide bonds. The van der Waals surface area contributed by atoms with Crippen LogP contribution in [-0.2, 0) is 19.1 Å². The number of hydrogen-bond acceptors (Lipinski definition) is 5. The third kappa shape index (κ3) is 3.19. The maximum atomic E-state index is 11.8. The second-order valence-corrected chi connectivity index (χ2v) is 6.13. The van der Waals surface area contributed by atoms with E-state index in [1.54, 1.807) is 45.0 Å². The molecule has 0 unspecified atom stereocenters. The average Bonchev–Trinajstić information content (AvgIpc) is 2.66. The van der Waals surface area contributed by atoms with E-state index < -0.39 is 35.0 Å². The topological polar surface area (TPSA) is 72.8 Å². The van der Waals surface area contributed by atoms with Gasteiger partial charge in [0.15, 0.2) is 11.9 Å². The molecule has 1 aliphatic heterocycles. The molecule has 1 atom stereocenters. The second-order valence-electron chi connectivity index (χ2n) is 5.69. The van der Waals surface area contributed by atoms with Crippen molar-refractivity contribution < 1.29 is 24.2 Å². The molecule has 0 aliphatic carbocycles. The second kappa shape index (κ2) is 5.41. The van der Waals surface area contributed by atoms with Crippen molar-refractivity contribution in [1.82, 2.24) is 0 Å². The lowest BCUT2D eigenvalue weighted by Gasteiger charge is -2.15. The number of cyclic esters (lactones) is 1. The van der Waals surface area contributed by atoms with Gasteiger partial charge in [0.1, 0.15) is 0 Å². The molecule has 1 aromatic carbocycles. The SMILES string of the molecule is CC(C)(C)C(=O)OC1=C(O)[C@@H](c2ccc(Cl)cc2)OC1=O. The summed E-state index contributed by atoms with van der Waals surface area (Å²) in [5, 5.41) is 10.6. The lowest BCUT2D eigenvalue weighted by atomic mass is 9.97. The van der Waals surface area contributed by atoms with E-state index in [9.17, 15) is 14.7 Å². The molecule has 0 spiro atoms. The van der Waals surface area contributed by atoms with Crippen molar-refractivity contribution in [2.24, 2.45) is 5.41 Å². The van der Waals surface area contributed by atoms with Gasteiger partial charge in [-0.05, 0) is 32.9 Å². The maximum absolute atomic E-state index is 11.8. The Kier molecular flexibility index (Phi) is 3.96. The van der Waals surface area contributed by atoms with Gasteiger partial charge in [-0.1, -0.05) is 23.7 Å². The summed E-state index contributed by atoms with van der Waals surface area (Å²) in [5.41, 5.74) is -0.265. The van der Waals surface area contributed by atoms with Gasteiger partial charge in [-0.3, -0.25) is 4.79 Å². The third-order valence-electron chi connectivity index (χ3n) is 2.87. The van der Waals surface area contributed by atoms with Crippen molar-refractivity contribution in [2.45, 2.75) is 26.9 Å². The van der Waals surface area contributed by atoms with Crippen molar-refractivity contribution in [3.05, 3.63) is 46.4 Å². The van der Waals surface area contributed by atoms with Crippen LogP contribution in [0.1, 0.15) is 32.4 Å². The van der Waals surface area contributed by atoms with Crippen LogP contribution in [0.25, 0.3) is 0 Å². The molecule has 0 radical (unpaired) electrons. The van der Waals surface area contributed by atoms with E-state index >= 15 is 0 Å². The standard InChI is InChI=1S/C15H15ClO5/c1-15(2,3)14(19)21-12-10(17)11(20-13(12)18)8-4-6-9(16)7-5-8/h4-7,11,17H,1-3H3/t11-/m1/s1. The Balaban J connectivity index is 2.27. The minimum Gasteiger partial charge on any atom is -0.505 e. The lowest BCUT2D eigenvalue weighted by molar-refractivity contribution is -0.155. The predicted octanol–water partition coefficient (Wildman–Crippen LogP) is 3.30. The molecule has 0 saturated heterocycles. The summed E-state index contributed by atoms with van der Waals surface area (Å²) in [7, 11) is 0. The maximum Gasteiger partial charge on any atom is 0.379 e. The van der Waals surface area contributed by atoms with Crippen molar-refractivity contribution in [2.75, 3.05) is 0 Å². The molecule has 6 heteroatoms. The van der Waals surface area contributed by atoms with Crippen molar-refractivity contribution in [3.8, 4) is 0 Å². The molecule has 5 nitrogen and oxygen atoms in total. The normalized spacial score (nSPS) is 18.7. The van der Waals surface area contributed by atoms with Crippen LogP contribution in [0.5, 0.6) is 0 Å². The highest BCUT2D eigenvalue weighted by molar-refractivity contribution is 6.30. The van der Waals surface area contributed by atoms with Gasteiger partial charge < -0.3 is 14.6 Å². The molecule has 21 heavy (non-hydrogen) atoms. The summed E-state index contributed by atoms with van der Waals surface area (Å²) in [6, 6.07) is 6.45. The van der Waals surface area contributed by atoms with E-state index in [0.717, 1.165) is 0 Å². The molecule has 0 fully saturated rings. The van der Waals surface area contributed by atoms with Gasteiger partial charge in [0, 0.05) is 10.6 Å². The smallest absolute Gasteiger partial charge is 0.379 e. The van der Waals surface area contributed by atoms with E-state index in [2.05, 4.69) is 0 Å². The van der Waals surface area contributed by atoms with E-state index in [4.69, 9.17) is 21.1 Å². The number of aliphatic hydroxyl groups excluding tert-OH is 1. The fourth-order valence-corrected chi connectivity index (χ4v) is 1.77. The molecule has 1 N–H and O–H groups in total. The van der Waals surface area contributed by atoms with Crippen LogP contribution < -0.4 is 0 Å². The van der Waals surface area contributed by atoms with Crippen LogP contribution in [-0.4, -0.2) is 17.0 Å². The van der Waals surface area contributed by atoms with Crippen LogP contribution in [0.3, 0.4) is 0 Å². The highest BCUT2D eigenvalue weighted by Gasteiger charge is 2.40. The molecule has 1 heterocycles. The molecule has 1 aliphatic rings. The number of esters is 2. The van der Waals surface area contributed by atoms with E-state index in [1.165, 1.54) is 0 Å². The molecule has 0 saturated carbocycles. The Bertz CT molecular complexity index is 610. The molecule has 0 aromatic heterocycles. The zero-order valence-electron chi connectivity index (χ0n) is 11.8. The number of aliphatic hydroxyl groups is 1. The first-order chi connectivity index (χ1) is 9.70. The minimum absolute atomic E-state index is 0.417. The Morgan fingerprint density at radius 2 is 1.86 bits per heavy atom. The third-order valence-corrected chi connectivity index (χ3v) is 3.12. The van der Waals surface area contributed by atoms with Gasteiger partial charge in [0.05, 0.1) is 5.41 Å².